The summed E-state index contributed by atoms with van der Waals surface area (Å²) in [6.45, 7) is 22.4. The van der Waals surface area contributed by atoms with Crippen molar-refractivity contribution in [2.45, 2.75) is 68.6 Å². The lowest BCUT2D eigenvalue weighted by molar-refractivity contribution is 0.151. The van der Waals surface area contributed by atoms with E-state index in [0.29, 0.717) is 30.2 Å². The molecule has 0 spiro atoms. The van der Waals surface area contributed by atoms with Crippen molar-refractivity contribution in [3.63, 3.8) is 0 Å². The summed E-state index contributed by atoms with van der Waals surface area (Å²) in [6.07, 6.45) is 1.88. The Hall–Kier alpha value is -1.99. The van der Waals surface area contributed by atoms with Gasteiger partial charge in [0, 0.05) is 13.1 Å². The maximum Gasteiger partial charge on any atom is 0.192 e. The first-order chi connectivity index (χ1) is 15.8. The highest BCUT2D eigenvalue weighted by atomic mass is 32.2. The topological polar surface area (TPSA) is 46.6 Å². The second-order valence-electron chi connectivity index (χ2n) is 10.5. The van der Waals surface area contributed by atoms with Gasteiger partial charge in [0.15, 0.2) is 18.2 Å². The van der Waals surface area contributed by atoms with Gasteiger partial charge in [0.2, 0.25) is 0 Å². The lowest BCUT2D eigenvalue weighted by Crippen LogP contribution is -2.48. The van der Waals surface area contributed by atoms with E-state index < -0.39 is 23.4 Å². The number of sulfone groups is 1. The molecule has 0 N–H and O–H groups in total. The zero-order valence-corrected chi connectivity index (χ0v) is 23.4. The van der Waals surface area contributed by atoms with Crippen molar-refractivity contribution in [1.29, 1.82) is 0 Å². The molecule has 186 valence electrons. The van der Waals surface area contributed by atoms with Crippen LogP contribution >= 0.6 is 0 Å². The van der Waals surface area contributed by atoms with Crippen molar-refractivity contribution in [2.24, 2.45) is 0 Å². The Morgan fingerprint density at radius 3 is 2.06 bits per heavy atom. The Bertz CT molecular complexity index is 1040. The SMILES string of the molecule is C=C[C@@H](CO[Si](C)(C)C(C)(C)C)N(Cc1ccccc1)CC(C(=C)C)S(=O)(=O)c1ccccc1. The van der Waals surface area contributed by atoms with E-state index in [0.717, 1.165) is 5.56 Å². The summed E-state index contributed by atoms with van der Waals surface area (Å²) >= 11 is 0. The molecule has 2 rings (SSSR count). The molecular formula is C28H41NO3SSi. The van der Waals surface area contributed by atoms with Crippen molar-refractivity contribution in [2.75, 3.05) is 13.2 Å². The average molecular weight is 500 g/mol. The van der Waals surface area contributed by atoms with Crippen LogP contribution in [0.5, 0.6) is 0 Å². The van der Waals surface area contributed by atoms with E-state index in [9.17, 15) is 8.42 Å². The van der Waals surface area contributed by atoms with Crippen LogP contribution in [0.4, 0.5) is 0 Å². The number of benzene rings is 2. The highest BCUT2D eigenvalue weighted by Crippen LogP contribution is 2.37. The quantitative estimate of drug-likeness (QED) is 0.248. The third kappa shape index (κ3) is 7.25. The van der Waals surface area contributed by atoms with E-state index in [2.05, 4.69) is 64.1 Å². The highest BCUT2D eigenvalue weighted by molar-refractivity contribution is 7.92. The van der Waals surface area contributed by atoms with Crippen LogP contribution in [0.15, 0.2) is 90.4 Å². The van der Waals surface area contributed by atoms with Gasteiger partial charge in [0.25, 0.3) is 0 Å². The monoisotopic (exact) mass is 499 g/mol. The number of hydrogen-bond donors (Lipinski definition) is 0. The summed E-state index contributed by atoms with van der Waals surface area (Å²) in [5, 5.41) is -0.659. The molecule has 0 bridgehead atoms. The van der Waals surface area contributed by atoms with Crippen LogP contribution in [-0.2, 0) is 20.8 Å². The Kier molecular flexibility index (Phi) is 9.66. The zero-order chi connectivity index (χ0) is 25.6. The van der Waals surface area contributed by atoms with Gasteiger partial charge >= 0.3 is 0 Å². The zero-order valence-electron chi connectivity index (χ0n) is 21.6. The summed E-state index contributed by atoms with van der Waals surface area (Å²) in [5.41, 5.74) is 1.73. The van der Waals surface area contributed by atoms with E-state index in [1.807, 2.05) is 30.3 Å². The predicted molar refractivity (Wildman–Crippen MR) is 146 cm³/mol. The number of nitrogens with zero attached hydrogens (tertiary/aromatic N) is 1. The number of rotatable bonds is 12. The molecule has 0 aliphatic rings. The van der Waals surface area contributed by atoms with Crippen molar-refractivity contribution in [1.82, 2.24) is 4.90 Å². The second kappa shape index (κ2) is 11.6. The van der Waals surface area contributed by atoms with Crippen molar-refractivity contribution >= 4 is 18.2 Å². The number of hydrogen-bond acceptors (Lipinski definition) is 4. The van der Waals surface area contributed by atoms with Gasteiger partial charge < -0.3 is 4.43 Å². The molecule has 34 heavy (non-hydrogen) atoms. The minimum absolute atomic E-state index is 0.0832. The first-order valence-corrected chi connectivity index (χ1v) is 16.2. The molecule has 0 aliphatic heterocycles. The third-order valence-electron chi connectivity index (χ3n) is 6.79. The van der Waals surface area contributed by atoms with Crippen LogP contribution in [0.1, 0.15) is 33.3 Å². The first kappa shape index (κ1) is 28.2. The molecule has 0 radical (unpaired) electrons. The summed E-state index contributed by atoms with van der Waals surface area (Å²) in [7, 11) is -5.59. The van der Waals surface area contributed by atoms with E-state index in [1.54, 1.807) is 31.2 Å². The summed E-state index contributed by atoms with van der Waals surface area (Å²) < 4.78 is 33.7. The summed E-state index contributed by atoms with van der Waals surface area (Å²) in [5.74, 6) is 0. The molecule has 0 heterocycles. The van der Waals surface area contributed by atoms with Crippen LogP contribution in [0.3, 0.4) is 0 Å². The van der Waals surface area contributed by atoms with Crippen LogP contribution in [0, 0.1) is 0 Å². The van der Waals surface area contributed by atoms with Crippen LogP contribution in [0.2, 0.25) is 18.1 Å². The average Bonchev–Trinajstić information content (AvgIpc) is 2.77. The van der Waals surface area contributed by atoms with E-state index in [1.165, 1.54) is 0 Å². The predicted octanol–water partition coefficient (Wildman–Crippen LogP) is 6.48. The Labute approximate surface area is 208 Å². The molecule has 2 atom stereocenters. The van der Waals surface area contributed by atoms with E-state index in [4.69, 9.17) is 4.43 Å². The lowest BCUT2D eigenvalue weighted by atomic mass is 10.1. The molecule has 0 saturated heterocycles. The maximum atomic E-state index is 13.6. The van der Waals surface area contributed by atoms with Gasteiger partial charge in [-0.3, -0.25) is 4.90 Å². The van der Waals surface area contributed by atoms with Crippen LogP contribution < -0.4 is 0 Å². The standard InChI is InChI=1S/C28H41NO3SSi/c1-9-25(22-32-34(7,8)28(4,5)6)29(20-24-16-12-10-13-17-24)21-27(23(2)3)33(30,31)26-18-14-11-15-19-26/h9-19,25,27H,1-2,20-22H2,3-8H3/t25-,27?/m0/s1. The van der Waals surface area contributed by atoms with Crippen molar-refractivity contribution in [3.8, 4) is 0 Å². The normalized spacial score (nSPS) is 14.6. The first-order valence-electron chi connectivity index (χ1n) is 11.8. The molecule has 1 unspecified atom stereocenters. The van der Waals surface area contributed by atoms with Crippen LogP contribution in [0.25, 0.3) is 0 Å². The van der Waals surface area contributed by atoms with E-state index >= 15 is 0 Å². The van der Waals surface area contributed by atoms with Gasteiger partial charge in [-0.05, 0) is 42.8 Å². The van der Waals surface area contributed by atoms with Crippen molar-refractivity contribution in [3.05, 3.63) is 91.0 Å². The molecule has 0 amide bonds. The molecular weight excluding hydrogens is 458 g/mol. The summed E-state index contributed by atoms with van der Waals surface area (Å²) in [4.78, 5) is 2.48. The summed E-state index contributed by atoms with van der Waals surface area (Å²) in [6, 6.07) is 18.6. The molecule has 0 saturated carbocycles. The van der Waals surface area contributed by atoms with Gasteiger partial charge in [0.05, 0.1) is 22.8 Å². The fraction of sp³-hybridized carbons (Fsp3) is 0.429. The van der Waals surface area contributed by atoms with Crippen LogP contribution in [-0.4, -0.2) is 46.1 Å². The smallest absolute Gasteiger partial charge is 0.192 e. The van der Waals surface area contributed by atoms with Gasteiger partial charge in [-0.1, -0.05) is 87.5 Å². The minimum Gasteiger partial charge on any atom is -0.415 e. The molecule has 6 heteroatoms. The minimum atomic E-state index is -3.60. The Morgan fingerprint density at radius 1 is 1.06 bits per heavy atom. The molecule has 0 aromatic heterocycles. The fourth-order valence-electron chi connectivity index (χ4n) is 3.47. The molecule has 0 fully saturated rings. The van der Waals surface area contributed by atoms with E-state index in [-0.39, 0.29) is 11.1 Å². The molecule has 2 aromatic carbocycles. The van der Waals surface area contributed by atoms with Gasteiger partial charge in [-0.15, -0.1) is 6.58 Å². The Balaban J connectivity index is 2.40. The molecule has 4 nitrogen and oxygen atoms in total. The third-order valence-corrected chi connectivity index (χ3v) is 13.5. The molecule has 0 aliphatic carbocycles. The fourth-order valence-corrected chi connectivity index (χ4v) is 6.28. The largest absolute Gasteiger partial charge is 0.415 e. The van der Waals surface area contributed by atoms with Crippen molar-refractivity contribution < 1.29 is 12.8 Å². The van der Waals surface area contributed by atoms with Gasteiger partial charge in [0.1, 0.15) is 0 Å². The Morgan fingerprint density at radius 2 is 1.59 bits per heavy atom. The molecule has 2 aromatic rings. The van der Waals surface area contributed by atoms with Gasteiger partial charge in [-0.25, -0.2) is 8.42 Å². The maximum absolute atomic E-state index is 13.6. The second-order valence-corrected chi connectivity index (χ2v) is 17.4. The highest BCUT2D eigenvalue weighted by Gasteiger charge is 2.38. The van der Waals surface area contributed by atoms with Gasteiger partial charge in [-0.2, -0.15) is 0 Å². The lowest BCUT2D eigenvalue weighted by Gasteiger charge is -2.39.